The van der Waals surface area contributed by atoms with Gasteiger partial charge in [0.05, 0.1) is 0 Å². The predicted octanol–water partition coefficient (Wildman–Crippen LogP) is 4.15. The van der Waals surface area contributed by atoms with Crippen LogP contribution < -0.4 is 0 Å². The van der Waals surface area contributed by atoms with Crippen LogP contribution in [0.2, 0.25) is 0 Å². The summed E-state index contributed by atoms with van der Waals surface area (Å²) in [5, 5.41) is 0. The minimum Gasteiger partial charge on any atom is -0.299 e. The Balaban J connectivity index is 2.27. The van der Waals surface area contributed by atoms with Crippen molar-refractivity contribution in [2.24, 2.45) is 34.0 Å². The Morgan fingerprint density at radius 2 is 1.75 bits per heavy atom. The fraction of sp³-hybridized carbons (Fsp3) is 0.762. The Morgan fingerprint density at radius 3 is 2.33 bits per heavy atom. The first-order valence-electron chi connectivity index (χ1n) is 9.34. The van der Waals surface area contributed by atoms with Gasteiger partial charge >= 0.3 is 0 Å². The molecule has 0 radical (unpaired) electrons. The van der Waals surface area contributed by atoms with E-state index in [4.69, 9.17) is 0 Å². The van der Waals surface area contributed by atoms with Gasteiger partial charge in [-0.05, 0) is 42.6 Å². The van der Waals surface area contributed by atoms with E-state index in [2.05, 4.69) is 13.5 Å². The summed E-state index contributed by atoms with van der Waals surface area (Å²) in [4.78, 5) is 39.8. The molecule has 0 aromatic carbocycles. The molecular formula is C21H30O3. The quantitative estimate of drug-likeness (QED) is 0.679. The molecular weight excluding hydrogens is 300 g/mol. The van der Waals surface area contributed by atoms with Gasteiger partial charge in [0, 0.05) is 29.1 Å². The van der Waals surface area contributed by atoms with E-state index in [9.17, 15) is 14.4 Å². The van der Waals surface area contributed by atoms with Gasteiger partial charge in [-0.1, -0.05) is 41.2 Å². The van der Waals surface area contributed by atoms with Crippen molar-refractivity contribution in [1.82, 2.24) is 0 Å². The largest absolute Gasteiger partial charge is 0.299 e. The molecule has 1 unspecified atom stereocenters. The Labute approximate surface area is 145 Å². The fourth-order valence-corrected chi connectivity index (χ4v) is 5.99. The standard InChI is InChI=1S/C21H30O3/c1-7-19(5)11-15(22)20(6)13(3)8-9-21(14(4)18(19)24)10-12(2)16(23)17(20)21/h13-14,17H,2,7-11H2,1,3-6H3/t13-,14+,17?,19-,20+,21+/m1/s1. The molecule has 3 nitrogen and oxygen atoms in total. The topological polar surface area (TPSA) is 51.2 Å². The number of hydrogen-bond acceptors (Lipinski definition) is 3. The highest BCUT2D eigenvalue weighted by molar-refractivity contribution is 6.07. The molecule has 0 aromatic rings. The minimum absolute atomic E-state index is 0.0390. The van der Waals surface area contributed by atoms with Crippen LogP contribution in [-0.4, -0.2) is 17.3 Å². The van der Waals surface area contributed by atoms with Gasteiger partial charge in [0.2, 0.25) is 0 Å². The van der Waals surface area contributed by atoms with E-state index >= 15 is 0 Å². The van der Waals surface area contributed by atoms with Crippen LogP contribution in [0.1, 0.15) is 66.7 Å². The Kier molecular flexibility index (Phi) is 3.75. The average Bonchev–Trinajstić information content (AvgIpc) is 2.81. The van der Waals surface area contributed by atoms with Crippen LogP contribution >= 0.6 is 0 Å². The monoisotopic (exact) mass is 330 g/mol. The van der Waals surface area contributed by atoms with Crippen LogP contribution in [0.3, 0.4) is 0 Å². The highest BCUT2D eigenvalue weighted by Gasteiger charge is 2.68. The lowest BCUT2D eigenvalue weighted by atomic mass is 9.44. The van der Waals surface area contributed by atoms with Crippen molar-refractivity contribution in [2.75, 3.05) is 0 Å². The minimum atomic E-state index is -0.667. The van der Waals surface area contributed by atoms with Gasteiger partial charge < -0.3 is 0 Å². The Hall–Kier alpha value is -1.25. The molecule has 0 N–H and O–H groups in total. The summed E-state index contributed by atoms with van der Waals surface area (Å²) in [7, 11) is 0. The number of hydrogen-bond donors (Lipinski definition) is 0. The third-order valence-corrected chi connectivity index (χ3v) is 8.18. The summed E-state index contributed by atoms with van der Waals surface area (Å²) in [5.74, 6) is -0.0829. The second-order valence-corrected chi connectivity index (χ2v) is 9.13. The number of ketones is 3. The highest BCUT2D eigenvalue weighted by Crippen LogP contribution is 2.66. The maximum Gasteiger partial charge on any atom is 0.162 e. The smallest absolute Gasteiger partial charge is 0.162 e. The zero-order chi connectivity index (χ0) is 18.1. The fourth-order valence-electron chi connectivity index (χ4n) is 5.99. The lowest BCUT2D eigenvalue weighted by Crippen LogP contribution is -2.60. The van der Waals surface area contributed by atoms with Crippen molar-refractivity contribution < 1.29 is 14.4 Å². The molecule has 0 heterocycles. The maximum atomic E-state index is 13.4. The highest BCUT2D eigenvalue weighted by atomic mass is 16.1. The van der Waals surface area contributed by atoms with Crippen LogP contribution in [0.5, 0.6) is 0 Å². The van der Waals surface area contributed by atoms with E-state index < -0.39 is 16.2 Å². The summed E-state index contributed by atoms with van der Waals surface area (Å²) in [6.07, 6.45) is 3.26. The molecule has 3 fully saturated rings. The molecule has 0 spiro atoms. The van der Waals surface area contributed by atoms with E-state index in [1.54, 1.807) is 0 Å². The molecule has 3 heteroatoms. The molecule has 132 valence electrons. The van der Waals surface area contributed by atoms with Crippen molar-refractivity contribution in [3.05, 3.63) is 12.2 Å². The molecule has 6 atom stereocenters. The van der Waals surface area contributed by atoms with E-state index in [0.29, 0.717) is 18.4 Å². The van der Waals surface area contributed by atoms with Gasteiger partial charge in [-0.3, -0.25) is 14.4 Å². The first-order valence-corrected chi connectivity index (χ1v) is 9.34. The van der Waals surface area contributed by atoms with Crippen molar-refractivity contribution in [1.29, 1.82) is 0 Å². The molecule has 3 rings (SSSR count). The van der Waals surface area contributed by atoms with Gasteiger partial charge in [-0.25, -0.2) is 0 Å². The van der Waals surface area contributed by atoms with Crippen molar-refractivity contribution in [2.45, 2.75) is 66.7 Å². The summed E-state index contributed by atoms with van der Waals surface area (Å²) in [6, 6.07) is 0. The number of allylic oxidation sites excluding steroid dienone is 1. The van der Waals surface area contributed by atoms with Gasteiger partial charge in [-0.2, -0.15) is 0 Å². The summed E-state index contributed by atoms with van der Waals surface area (Å²) in [6.45, 7) is 14.0. The van der Waals surface area contributed by atoms with Crippen LogP contribution in [0.4, 0.5) is 0 Å². The lowest BCUT2D eigenvalue weighted by molar-refractivity contribution is -0.168. The van der Waals surface area contributed by atoms with Crippen molar-refractivity contribution in [3.63, 3.8) is 0 Å². The molecule has 0 aliphatic heterocycles. The zero-order valence-electron chi connectivity index (χ0n) is 15.7. The Morgan fingerprint density at radius 1 is 1.12 bits per heavy atom. The normalized spacial score (nSPS) is 49.0. The van der Waals surface area contributed by atoms with Gasteiger partial charge in [-0.15, -0.1) is 0 Å². The summed E-state index contributed by atoms with van der Waals surface area (Å²) >= 11 is 0. The number of Topliss-reactive ketones (excluding diaryl/α,β-unsaturated/α-hetero) is 3. The van der Waals surface area contributed by atoms with E-state index in [1.165, 1.54) is 0 Å². The van der Waals surface area contributed by atoms with Gasteiger partial charge in [0.15, 0.2) is 5.78 Å². The second kappa shape index (κ2) is 5.12. The molecule has 2 bridgehead atoms. The lowest BCUT2D eigenvalue weighted by Gasteiger charge is -2.57. The van der Waals surface area contributed by atoms with Crippen molar-refractivity contribution in [3.8, 4) is 0 Å². The SMILES string of the molecule is C=C1C[C@@]23CC[C@@H](C)[C@@](C)(C(=O)C[C@@](C)(CC)C(=O)[C@@H]2C)C3C1=O. The van der Waals surface area contributed by atoms with Crippen LogP contribution in [0, 0.1) is 34.0 Å². The van der Waals surface area contributed by atoms with Crippen LogP contribution in [0.25, 0.3) is 0 Å². The first kappa shape index (κ1) is 17.6. The summed E-state index contributed by atoms with van der Waals surface area (Å²) < 4.78 is 0. The van der Waals surface area contributed by atoms with Crippen LogP contribution in [0.15, 0.2) is 12.2 Å². The molecule has 0 aromatic heterocycles. The van der Waals surface area contributed by atoms with Gasteiger partial charge in [0.25, 0.3) is 0 Å². The van der Waals surface area contributed by atoms with Crippen LogP contribution in [-0.2, 0) is 14.4 Å². The zero-order valence-corrected chi connectivity index (χ0v) is 15.7. The molecule has 3 aliphatic rings. The van der Waals surface area contributed by atoms with E-state index in [-0.39, 0.29) is 41.5 Å². The number of rotatable bonds is 1. The van der Waals surface area contributed by atoms with E-state index in [0.717, 1.165) is 12.8 Å². The van der Waals surface area contributed by atoms with Gasteiger partial charge in [0.1, 0.15) is 11.6 Å². The first-order chi connectivity index (χ1) is 11.0. The number of carbonyl (C=O) groups is 3. The average molecular weight is 330 g/mol. The Bertz CT molecular complexity index is 647. The second-order valence-electron chi connectivity index (χ2n) is 9.13. The summed E-state index contributed by atoms with van der Waals surface area (Å²) in [5.41, 5.74) is -1.06. The molecule has 3 saturated carbocycles. The molecule has 0 amide bonds. The third-order valence-electron chi connectivity index (χ3n) is 8.18. The molecule has 24 heavy (non-hydrogen) atoms. The van der Waals surface area contributed by atoms with Crippen molar-refractivity contribution >= 4 is 17.3 Å². The maximum absolute atomic E-state index is 13.4. The van der Waals surface area contributed by atoms with E-state index in [1.807, 2.05) is 27.7 Å². The molecule has 0 saturated heterocycles. The third kappa shape index (κ3) is 1.87. The molecule has 3 aliphatic carbocycles. The predicted molar refractivity (Wildman–Crippen MR) is 93.4 cm³/mol. The number of carbonyl (C=O) groups excluding carboxylic acids is 3.